The second kappa shape index (κ2) is 4.13. The van der Waals surface area contributed by atoms with E-state index in [9.17, 15) is 4.79 Å². The minimum atomic E-state index is 0.141. The Morgan fingerprint density at radius 1 is 1.64 bits per heavy atom. The largest absolute Gasteiger partial charge is 0.316 e. The van der Waals surface area contributed by atoms with Crippen LogP contribution < -0.4 is 5.32 Å². The third-order valence-electron chi connectivity index (χ3n) is 2.81. The lowest BCUT2D eigenvalue weighted by atomic mass is 9.84. The zero-order valence-corrected chi connectivity index (χ0v) is 10.3. The van der Waals surface area contributed by atoms with Gasteiger partial charge in [0, 0.05) is 26.7 Å². The highest BCUT2D eigenvalue weighted by Gasteiger charge is 2.30. The van der Waals surface area contributed by atoms with Gasteiger partial charge in [0.05, 0.1) is 0 Å². The molecular formula is C10H12BrNOS. The van der Waals surface area contributed by atoms with E-state index in [4.69, 9.17) is 0 Å². The lowest BCUT2D eigenvalue weighted by Crippen LogP contribution is -2.47. The van der Waals surface area contributed by atoms with Crippen molar-refractivity contribution < 1.29 is 4.79 Å². The van der Waals surface area contributed by atoms with E-state index in [2.05, 4.69) is 21.2 Å². The maximum atomic E-state index is 12.0. The first-order valence-corrected chi connectivity index (χ1v) is 6.40. The minimum Gasteiger partial charge on any atom is -0.316 e. The summed E-state index contributed by atoms with van der Waals surface area (Å²) in [5, 5.41) is 7.08. The normalized spacial score (nSPS) is 19.0. The number of carbonyl (C=O) groups is 1. The quantitative estimate of drug-likeness (QED) is 0.858. The van der Waals surface area contributed by atoms with Crippen molar-refractivity contribution in [2.45, 2.75) is 6.92 Å². The highest BCUT2D eigenvalue weighted by Crippen LogP contribution is 2.27. The first-order valence-electron chi connectivity index (χ1n) is 4.66. The van der Waals surface area contributed by atoms with Gasteiger partial charge < -0.3 is 5.32 Å². The molecule has 14 heavy (non-hydrogen) atoms. The van der Waals surface area contributed by atoms with E-state index in [1.54, 1.807) is 11.3 Å². The van der Waals surface area contributed by atoms with Crippen LogP contribution in [-0.2, 0) is 0 Å². The van der Waals surface area contributed by atoms with Crippen molar-refractivity contribution in [3.8, 4) is 0 Å². The number of nitrogens with one attached hydrogen (secondary N) is 1. The first-order chi connectivity index (χ1) is 6.70. The Balaban J connectivity index is 2.11. The second-order valence-corrected chi connectivity index (χ2v) is 5.30. The number of hydrogen-bond donors (Lipinski definition) is 1. The maximum Gasteiger partial charge on any atom is 0.168 e. The molecule has 0 aliphatic carbocycles. The van der Waals surface area contributed by atoms with Gasteiger partial charge in [-0.15, -0.1) is 0 Å². The molecule has 2 heterocycles. The Kier molecular flexibility index (Phi) is 3.04. The van der Waals surface area contributed by atoms with E-state index in [-0.39, 0.29) is 11.7 Å². The fourth-order valence-electron chi connectivity index (χ4n) is 1.58. The van der Waals surface area contributed by atoms with Gasteiger partial charge in [-0.1, -0.05) is 6.92 Å². The summed E-state index contributed by atoms with van der Waals surface area (Å²) in [7, 11) is 0. The summed E-state index contributed by atoms with van der Waals surface area (Å²) >= 11 is 4.96. The topological polar surface area (TPSA) is 29.1 Å². The van der Waals surface area contributed by atoms with E-state index in [1.165, 1.54) is 0 Å². The summed E-state index contributed by atoms with van der Waals surface area (Å²) in [4.78, 5) is 12.0. The number of thiophene rings is 1. The third kappa shape index (κ3) is 1.78. The molecule has 1 aromatic heterocycles. The van der Waals surface area contributed by atoms with Gasteiger partial charge in [0.2, 0.25) is 0 Å². The maximum absolute atomic E-state index is 12.0. The van der Waals surface area contributed by atoms with Gasteiger partial charge in [-0.2, -0.15) is 11.3 Å². The van der Waals surface area contributed by atoms with Crippen LogP contribution in [0.3, 0.4) is 0 Å². The summed E-state index contributed by atoms with van der Waals surface area (Å²) < 4.78 is 0.937. The van der Waals surface area contributed by atoms with E-state index >= 15 is 0 Å². The SMILES string of the molecule is CC(C(=O)c1cscc1Br)C1CNC1. The smallest absolute Gasteiger partial charge is 0.168 e. The summed E-state index contributed by atoms with van der Waals surface area (Å²) in [6.45, 7) is 3.99. The molecule has 0 saturated carbocycles. The van der Waals surface area contributed by atoms with Crippen molar-refractivity contribution in [3.05, 3.63) is 20.8 Å². The van der Waals surface area contributed by atoms with Gasteiger partial charge in [0.25, 0.3) is 0 Å². The van der Waals surface area contributed by atoms with Gasteiger partial charge in [0.15, 0.2) is 5.78 Å². The minimum absolute atomic E-state index is 0.141. The average Bonchev–Trinajstić information content (AvgIpc) is 2.47. The summed E-state index contributed by atoms with van der Waals surface area (Å²) in [6, 6.07) is 0. The fourth-order valence-corrected chi connectivity index (χ4v) is 3.06. The first kappa shape index (κ1) is 10.3. The van der Waals surface area contributed by atoms with Crippen molar-refractivity contribution in [3.63, 3.8) is 0 Å². The molecule has 1 aromatic rings. The van der Waals surface area contributed by atoms with Gasteiger partial charge >= 0.3 is 0 Å². The molecule has 4 heteroatoms. The molecule has 2 nitrogen and oxygen atoms in total. The molecule has 0 spiro atoms. The van der Waals surface area contributed by atoms with Gasteiger partial charge in [-0.05, 0) is 34.9 Å². The Bertz CT molecular complexity index is 346. The van der Waals surface area contributed by atoms with Crippen molar-refractivity contribution in [1.82, 2.24) is 5.32 Å². The van der Waals surface area contributed by atoms with Gasteiger partial charge in [-0.25, -0.2) is 0 Å². The van der Waals surface area contributed by atoms with E-state index < -0.39 is 0 Å². The number of rotatable bonds is 3. The molecule has 1 aliphatic rings. The highest BCUT2D eigenvalue weighted by atomic mass is 79.9. The zero-order valence-electron chi connectivity index (χ0n) is 7.92. The summed E-state index contributed by atoms with van der Waals surface area (Å²) in [5.41, 5.74) is 0.842. The van der Waals surface area contributed by atoms with Crippen molar-refractivity contribution in [1.29, 1.82) is 0 Å². The van der Waals surface area contributed by atoms with E-state index in [0.717, 1.165) is 23.1 Å². The molecule has 1 N–H and O–H groups in total. The molecule has 1 saturated heterocycles. The molecule has 1 aliphatic heterocycles. The van der Waals surface area contributed by atoms with E-state index in [1.807, 2.05) is 17.7 Å². The van der Waals surface area contributed by atoms with Crippen molar-refractivity contribution in [2.24, 2.45) is 11.8 Å². The predicted molar refractivity (Wildman–Crippen MR) is 61.9 cm³/mol. The van der Waals surface area contributed by atoms with Crippen LogP contribution >= 0.6 is 27.3 Å². The van der Waals surface area contributed by atoms with Crippen LogP contribution in [-0.4, -0.2) is 18.9 Å². The van der Waals surface area contributed by atoms with Crippen LogP contribution in [0, 0.1) is 11.8 Å². The molecular weight excluding hydrogens is 262 g/mol. The number of hydrogen-bond acceptors (Lipinski definition) is 3. The number of halogens is 1. The lowest BCUT2D eigenvalue weighted by molar-refractivity contribution is 0.0853. The molecule has 2 rings (SSSR count). The second-order valence-electron chi connectivity index (χ2n) is 3.70. The molecule has 0 amide bonds. The van der Waals surface area contributed by atoms with Gasteiger partial charge in [0.1, 0.15) is 0 Å². The van der Waals surface area contributed by atoms with E-state index in [0.29, 0.717) is 5.92 Å². The van der Waals surface area contributed by atoms with Crippen LogP contribution in [0.25, 0.3) is 0 Å². The molecule has 1 atom stereocenters. The molecule has 1 unspecified atom stereocenters. The number of ketones is 1. The lowest BCUT2D eigenvalue weighted by Gasteiger charge is -2.31. The van der Waals surface area contributed by atoms with Crippen LogP contribution in [0.4, 0.5) is 0 Å². The highest BCUT2D eigenvalue weighted by molar-refractivity contribution is 9.10. The van der Waals surface area contributed by atoms with Crippen LogP contribution in [0.15, 0.2) is 15.2 Å². The Morgan fingerprint density at radius 3 is 2.79 bits per heavy atom. The van der Waals surface area contributed by atoms with Crippen LogP contribution in [0.2, 0.25) is 0 Å². The van der Waals surface area contributed by atoms with Crippen LogP contribution in [0.1, 0.15) is 17.3 Å². The summed E-state index contributed by atoms with van der Waals surface area (Å²) in [5.74, 6) is 0.932. The molecule has 0 aromatic carbocycles. The molecule has 0 bridgehead atoms. The standard InChI is InChI=1S/C10H12BrNOS/c1-6(7-2-12-3-7)10(13)8-4-14-5-9(8)11/h4-7,12H,2-3H2,1H3. The Labute approximate surface area is 95.8 Å². The molecule has 0 radical (unpaired) electrons. The predicted octanol–water partition coefficient (Wildman–Crippen LogP) is 2.55. The third-order valence-corrected chi connectivity index (χ3v) is 4.52. The van der Waals surface area contributed by atoms with Crippen molar-refractivity contribution in [2.75, 3.05) is 13.1 Å². The summed E-state index contributed by atoms with van der Waals surface area (Å²) in [6.07, 6.45) is 0. The van der Waals surface area contributed by atoms with Crippen LogP contribution in [0.5, 0.6) is 0 Å². The Hall–Kier alpha value is -0.190. The van der Waals surface area contributed by atoms with Gasteiger partial charge in [-0.3, -0.25) is 4.79 Å². The number of Topliss-reactive ketones (excluding diaryl/α,β-unsaturated/α-hetero) is 1. The monoisotopic (exact) mass is 273 g/mol. The zero-order chi connectivity index (χ0) is 10.1. The number of carbonyl (C=O) groups excluding carboxylic acids is 1. The fraction of sp³-hybridized carbons (Fsp3) is 0.500. The molecule has 1 fully saturated rings. The average molecular weight is 274 g/mol. The Morgan fingerprint density at radius 2 is 2.36 bits per heavy atom. The molecule has 76 valence electrons. The van der Waals surface area contributed by atoms with Crippen molar-refractivity contribution >= 4 is 33.0 Å².